The smallest absolute Gasteiger partial charge is 0.255 e. The summed E-state index contributed by atoms with van der Waals surface area (Å²) in [4.78, 5) is 16.7. The Kier molecular flexibility index (Phi) is 7.12. The molecule has 0 atom stereocenters. The number of anilines is 1. The summed E-state index contributed by atoms with van der Waals surface area (Å²) in [6, 6.07) is 12.8. The maximum absolute atomic E-state index is 12.8. The summed E-state index contributed by atoms with van der Waals surface area (Å²) in [6.07, 6.45) is 3.27. The van der Waals surface area contributed by atoms with Gasteiger partial charge in [0, 0.05) is 23.5 Å². The van der Waals surface area contributed by atoms with Gasteiger partial charge in [0.2, 0.25) is 10.0 Å². The van der Waals surface area contributed by atoms with Gasteiger partial charge in [0.05, 0.1) is 13.3 Å². The number of carbonyl (C=O) groups is 1. The molecule has 0 aliphatic heterocycles. The van der Waals surface area contributed by atoms with E-state index in [0.29, 0.717) is 17.2 Å². The Balaban J connectivity index is 1.81. The summed E-state index contributed by atoms with van der Waals surface area (Å²) < 4.78 is 38.8. The van der Waals surface area contributed by atoms with Gasteiger partial charge in [-0.05, 0) is 74.9 Å². The molecule has 0 radical (unpaired) electrons. The lowest BCUT2D eigenvalue weighted by Gasteiger charge is -2.14. The molecule has 2 N–H and O–H groups in total. The van der Waals surface area contributed by atoms with Crippen molar-refractivity contribution in [3.05, 3.63) is 72.1 Å². The van der Waals surface area contributed by atoms with Crippen LogP contribution in [0.5, 0.6) is 17.2 Å². The second-order valence-electron chi connectivity index (χ2n) is 7.37. The van der Waals surface area contributed by atoms with E-state index < -0.39 is 15.9 Å². The highest BCUT2D eigenvalue weighted by Gasteiger charge is 2.22. The normalized spacial score (nSPS) is 11.3. The number of sulfonamides is 1. The Morgan fingerprint density at radius 2 is 1.81 bits per heavy atom. The highest BCUT2D eigenvalue weighted by molar-refractivity contribution is 7.89. The third-order valence-corrected chi connectivity index (χ3v) is 6.08. The first-order chi connectivity index (χ1) is 15.2. The number of hydrogen-bond acceptors (Lipinski definition) is 6. The molecule has 0 saturated carbocycles. The zero-order valence-electron chi connectivity index (χ0n) is 18.2. The molecule has 2 aromatic carbocycles. The second kappa shape index (κ2) is 9.80. The van der Waals surface area contributed by atoms with Gasteiger partial charge in [0.1, 0.15) is 22.1 Å². The Hall–Kier alpha value is -3.43. The molecule has 3 rings (SSSR count). The van der Waals surface area contributed by atoms with Gasteiger partial charge in [0.15, 0.2) is 0 Å². The number of carbonyl (C=O) groups excluding carboxylic acids is 1. The number of pyridine rings is 1. The number of ether oxygens (including phenoxy) is 2. The monoisotopic (exact) mass is 455 g/mol. The molecule has 8 nitrogen and oxygen atoms in total. The lowest BCUT2D eigenvalue weighted by atomic mass is 10.1. The van der Waals surface area contributed by atoms with E-state index in [1.54, 1.807) is 56.6 Å². The van der Waals surface area contributed by atoms with Crippen LogP contribution in [-0.2, 0) is 10.0 Å². The van der Waals surface area contributed by atoms with Crippen molar-refractivity contribution >= 4 is 21.6 Å². The van der Waals surface area contributed by atoms with Crippen LogP contribution in [0.4, 0.5) is 5.69 Å². The molecule has 0 unspecified atom stereocenters. The molecule has 1 heterocycles. The number of amides is 1. The van der Waals surface area contributed by atoms with E-state index in [0.717, 1.165) is 5.56 Å². The topological polar surface area (TPSA) is 107 Å². The number of nitrogens with zero attached hydrogens (tertiary/aromatic N) is 1. The summed E-state index contributed by atoms with van der Waals surface area (Å²) in [5.41, 5.74) is 1.54. The number of aryl methyl sites for hydroxylation is 1. The van der Waals surface area contributed by atoms with Crippen LogP contribution in [0.1, 0.15) is 29.8 Å². The van der Waals surface area contributed by atoms with Crippen molar-refractivity contribution in [1.29, 1.82) is 0 Å². The summed E-state index contributed by atoms with van der Waals surface area (Å²) >= 11 is 0. The third kappa shape index (κ3) is 5.63. The van der Waals surface area contributed by atoms with E-state index in [1.807, 2.05) is 6.92 Å². The number of benzene rings is 2. The van der Waals surface area contributed by atoms with E-state index in [2.05, 4.69) is 15.0 Å². The van der Waals surface area contributed by atoms with Crippen molar-refractivity contribution in [3.63, 3.8) is 0 Å². The third-order valence-electron chi connectivity index (χ3n) is 4.40. The van der Waals surface area contributed by atoms with Crippen molar-refractivity contribution in [2.24, 2.45) is 0 Å². The SMILES string of the molecule is COc1ccc(C(=O)Nc2ccc(Oc3cccnc3)c(C)c2)cc1S(=O)(=O)NC(C)C. The molecule has 1 aromatic heterocycles. The fourth-order valence-electron chi connectivity index (χ4n) is 2.98. The standard InChI is InChI=1S/C23H25N3O5S/c1-15(2)26-32(28,29)22-13-17(7-9-21(22)30-4)23(27)25-18-8-10-20(16(3)12-18)31-19-6-5-11-24-14-19/h5-15,26H,1-4H3,(H,25,27). The van der Waals surface area contributed by atoms with Crippen molar-refractivity contribution in [2.75, 3.05) is 12.4 Å². The van der Waals surface area contributed by atoms with E-state index in [1.165, 1.54) is 25.3 Å². The van der Waals surface area contributed by atoms with Crippen LogP contribution in [-0.4, -0.2) is 32.5 Å². The average Bonchev–Trinajstić information content (AvgIpc) is 2.75. The van der Waals surface area contributed by atoms with Crippen LogP contribution in [0.15, 0.2) is 65.8 Å². The maximum atomic E-state index is 12.8. The summed E-state index contributed by atoms with van der Waals surface area (Å²) in [5, 5.41) is 2.78. The fourth-order valence-corrected chi connectivity index (χ4v) is 4.43. The molecule has 0 aliphatic rings. The van der Waals surface area contributed by atoms with E-state index in [9.17, 15) is 13.2 Å². The maximum Gasteiger partial charge on any atom is 0.255 e. The van der Waals surface area contributed by atoms with Crippen molar-refractivity contribution < 1.29 is 22.7 Å². The van der Waals surface area contributed by atoms with E-state index >= 15 is 0 Å². The minimum Gasteiger partial charge on any atom is -0.495 e. The van der Waals surface area contributed by atoms with Crippen LogP contribution >= 0.6 is 0 Å². The minimum atomic E-state index is -3.85. The van der Waals surface area contributed by atoms with Gasteiger partial charge < -0.3 is 14.8 Å². The number of aromatic nitrogens is 1. The first-order valence-corrected chi connectivity index (χ1v) is 11.4. The molecule has 0 saturated heterocycles. The van der Waals surface area contributed by atoms with Gasteiger partial charge in [-0.25, -0.2) is 13.1 Å². The Morgan fingerprint density at radius 3 is 2.44 bits per heavy atom. The van der Waals surface area contributed by atoms with Gasteiger partial charge in [-0.2, -0.15) is 0 Å². The average molecular weight is 456 g/mol. The molecular weight excluding hydrogens is 430 g/mol. The van der Waals surface area contributed by atoms with E-state index in [-0.39, 0.29) is 22.3 Å². The predicted molar refractivity (Wildman–Crippen MR) is 122 cm³/mol. The van der Waals surface area contributed by atoms with Gasteiger partial charge >= 0.3 is 0 Å². The summed E-state index contributed by atoms with van der Waals surface area (Å²) in [7, 11) is -2.47. The number of hydrogen-bond donors (Lipinski definition) is 2. The number of methoxy groups -OCH3 is 1. The lowest BCUT2D eigenvalue weighted by Crippen LogP contribution is -2.30. The molecule has 0 aliphatic carbocycles. The molecule has 0 bridgehead atoms. The Bertz CT molecular complexity index is 1210. The Morgan fingerprint density at radius 1 is 1.06 bits per heavy atom. The number of rotatable bonds is 8. The fraction of sp³-hybridized carbons (Fsp3) is 0.217. The van der Waals surface area contributed by atoms with Crippen LogP contribution in [0.25, 0.3) is 0 Å². The largest absolute Gasteiger partial charge is 0.495 e. The molecule has 0 spiro atoms. The second-order valence-corrected chi connectivity index (χ2v) is 9.05. The summed E-state index contributed by atoms with van der Waals surface area (Å²) in [6.45, 7) is 5.28. The molecule has 3 aromatic rings. The molecule has 32 heavy (non-hydrogen) atoms. The first kappa shape index (κ1) is 23.2. The van der Waals surface area contributed by atoms with Crippen molar-refractivity contribution in [3.8, 4) is 17.2 Å². The molecular formula is C23H25N3O5S. The molecule has 168 valence electrons. The lowest BCUT2D eigenvalue weighted by molar-refractivity contribution is 0.102. The predicted octanol–water partition coefficient (Wildman–Crippen LogP) is 4.13. The summed E-state index contributed by atoms with van der Waals surface area (Å²) in [5.74, 6) is 0.944. The van der Waals surface area contributed by atoms with Gasteiger partial charge in [-0.1, -0.05) is 0 Å². The van der Waals surface area contributed by atoms with Gasteiger partial charge in [-0.15, -0.1) is 0 Å². The molecule has 0 fully saturated rings. The van der Waals surface area contributed by atoms with Crippen LogP contribution in [0.2, 0.25) is 0 Å². The van der Waals surface area contributed by atoms with Gasteiger partial charge in [0.25, 0.3) is 5.91 Å². The van der Waals surface area contributed by atoms with Crippen LogP contribution in [0.3, 0.4) is 0 Å². The first-order valence-electron chi connectivity index (χ1n) is 9.90. The van der Waals surface area contributed by atoms with Crippen LogP contribution < -0.4 is 19.5 Å². The zero-order valence-corrected chi connectivity index (χ0v) is 19.1. The molecule has 1 amide bonds. The van der Waals surface area contributed by atoms with Crippen molar-refractivity contribution in [1.82, 2.24) is 9.71 Å². The van der Waals surface area contributed by atoms with Crippen molar-refractivity contribution in [2.45, 2.75) is 31.7 Å². The van der Waals surface area contributed by atoms with Gasteiger partial charge in [-0.3, -0.25) is 9.78 Å². The molecule has 9 heteroatoms. The highest BCUT2D eigenvalue weighted by Crippen LogP contribution is 2.28. The number of nitrogens with one attached hydrogen (secondary N) is 2. The van der Waals surface area contributed by atoms with Crippen LogP contribution in [0, 0.1) is 6.92 Å². The minimum absolute atomic E-state index is 0.0993. The van der Waals surface area contributed by atoms with E-state index in [4.69, 9.17) is 9.47 Å². The zero-order chi connectivity index (χ0) is 23.3. The highest BCUT2D eigenvalue weighted by atomic mass is 32.2. The Labute approximate surface area is 187 Å². The quantitative estimate of drug-likeness (QED) is 0.529.